The molecule has 3 rings (SSSR count). The standard InChI is InChI=1S/C13H18N4O.2ClH/c14-13(4-5-13)12(18)17-9-7-16(8-10-17)11-3-1-2-6-15-11;;/h1-3,6H,4-5,7-10,14H2;2*1H. The van der Waals surface area contributed by atoms with E-state index in [4.69, 9.17) is 5.73 Å². The Labute approximate surface area is 131 Å². The summed E-state index contributed by atoms with van der Waals surface area (Å²) in [5.74, 6) is 1.11. The summed E-state index contributed by atoms with van der Waals surface area (Å²) in [7, 11) is 0. The molecule has 20 heavy (non-hydrogen) atoms. The highest BCUT2D eigenvalue weighted by atomic mass is 35.5. The van der Waals surface area contributed by atoms with Gasteiger partial charge in [-0.25, -0.2) is 4.98 Å². The molecule has 2 aliphatic rings. The van der Waals surface area contributed by atoms with Crippen LogP contribution < -0.4 is 10.6 Å². The molecule has 1 aliphatic heterocycles. The van der Waals surface area contributed by atoms with Crippen molar-refractivity contribution in [2.75, 3.05) is 31.1 Å². The second-order valence-electron chi connectivity index (χ2n) is 5.12. The Morgan fingerprint density at radius 3 is 2.30 bits per heavy atom. The van der Waals surface area contributed by atoms with E-state index >= 15 is 0 Å². The summed E-state index contributed by atoms with van der Waals surface area (Å²) in [4.78, 5) is 20.5. The maximum absolute atomic E-state index is 12.1. The van der Waals surface area contributed by atoms with Crippen LogP contribution in [-0.2, 0) is 4.79 Å². The molecule has 2 N–H and O–H groups in total. The first-order valence-corrected chi connectivity index (χ1v) is 6.43. The van der Waals surface area contributed by atoms with Crippen LogP contribution in [0, 0.1) is 0 Å². The number of pyridine rings is 1. The Morgan fingerprint density at radius 2 is 1.80 bits per heavy atom. The molecular weight excluding hydrogens is 299 g/mol. The number of amides is 1. The van der Waals surface area contributed by atoms with E-state index in [2.05, 4.69) is 9.88 Å². The highest BCUT2D eigenvalue weighted by Gasteiger charge is 2.48. The average Bonchev–Trinajstić information content (AvgIpc) is 3.18. The van der Waals surface area contributed by atoms with Crippen LogP contribution in [0.2, 0.25) is 0 Å². The Hall–Kier alpha value is -1.04. The van der Waals surface area contributed by atoms with Crippen molar-refractivity contribution in [1.82, 2.24) is 9.88 Å². The van der Waals surface area contributed by atoms with Gasteiger partial charge in [0.05, 0.1) is 5.54 Å². The van der Waals surface area contributed by atoms with Crippen molar-refractivity contribution in [3.05, 3.63) is 24.4 Å². The maximum Gasteiger partial charge on any atom is 0.242 e. The predicted molar refractivity (Wildman–Crippen MR) is 83.7 cm³/mol. The Balaban J connectivity index is 0.000001000. The van der Waals surface area contributed by atoms with Gasteiger partial charge in [-0.15, -0.1) is 24.8 Å². The van der Waals surface area contributed by atoms with E-state index in [-0.39, 0.29) is 30.7 Å². The van der Waals surface area contributed by atoms with E-state index in [1.807, 2.05) is 23.1 Å². The molecule has 2 heterocycles. The first-order valence-electron chi connectivity index (χ1n) is 6.43. The number of halogens is 2. The summed E-state index contributed by atoms with van der Waals surface area (Å²) in [6.45, 7) is 3.15. The van der Waals surface area contributed by atoms with Gasteiger partial charge in [0, 0.05) is 32.4 Å². The van der Waals surface area contributed by atoms with Crippen molar-refractivity contribution in [2.24, 2.45) is 5.73 Å². The molecule has 0 bridgehead atoms. The van der Waals surface area contributed by atoms with Crippen molar-refractivity contribution in [1.29, 1.82) is 0 Å². The number of anilines is 1. The molecule has 1 aromatic rings. The van der Waals surface area contributed by atoms with Crippen LogP contribution in [0.3, 0.4) is 0 Å². The predicted octanol–water partition coefficient (Wildman–Crippen LogP) is 1.07. The summed E-state index contributed by atoms with van der Waals surface area (Å²) in [6.07, 6.45) is 3.48. The second-order valence-corrected chi connectivity index (χ2v) is 5.12. The van der Waals surface area contributed by atoms with E-state index in [0.717, 1.165) is 44.8 Å². The highest BCUT2D eigenvalue weighted by molar-refractivity contribution is 5.89. The van der Waals surface area contributed by atoms with E-state index < -0.39 is 5.54 Å². The number of carbonyl (C=O) groups excluding carboxylic acids is 1. The monoisotopic (exact) mass is 318 g/mol. The minimum absolute atomic E-state index is 0. The summed E-state index contributed by atoms with van der Waals surface area (Å²) < 4.78 is 0. The molecule has 1 saturated carbocycles. The van der Waals surface area contributed by atoms with Crippen LogP contribution in [0.4, 0.5) is 5.82 Å². The third kappa shape index (κ3) is 3.34. The maximum atomic E-state index is 12.1. The topological polar surface area (TPSA) is 62.5 Å². The minimum Gasteiger partial charge on any atom is -0.353 e. The quantitative estimate of drug-likeness (QED) is 0.886. The zero-order valence-electron chi connectivity index (χ0n) is 11.2. The second kappa shape index (κ2) is 6.61. The zero-order valence-corrected chi connectivity index (χ0v) is 12.8. The van der Waals surface area contributed by atoms with Gasteiger partial charge in [-0.1, -0.05) is 6.07 Å². The fraction of sp³-hybridized carbons (Fsp3) is 0.538. The van der Waals surface area contributed by atoms with Gasteiger partial charge < -0.3 is 15.5 Å². The lowest BCUT2D eigenvalue weighted by molar-refractivity contribution is -0.133. The fourth-order valence-corrected chi connectivity index (χ4v) is 2.34. The SMILES string of the molecule is Cl.Cl.NC1(C(=O)N2CCN(c3ccccn3)CC2)CC1. The Kier molecular flexibility index (Phi) is 5.62. The molecular formula is C13H20Cl2N4O. The van der Waals surface area contributed by atoms with Crippen LogP contribution in [0.15, 0.2) is 24.4 Å². The van der Waals surface area contributed by atoms with Gasteiger partial charge in [-0.3, -0.25) is 4.79 Å². The van der Waals surface area contributed by atoms with E-state index in [1.54, 1.807) is 6.20 Å². The van der Waals surface area contributed by atoms with E-state index in [0.29, 0.717) is 0 Å². The number of hydrogen-bond acceptors (Lipinski definition) is 4. The Morgan fingerprint density at radius 1 is 1.15 bits per heavy atom. The summed E-state index contributed by atoms with van der Waals surface area (Å²) in [5.41, 5.74) is 5.41. The lowest BCUT2D eigenvalue weighted by Crippen LogP contribution is -2.54. The molecule has 112 valence electrons. The largest absolute Gasteiger partial charge is 0.353 e. The molecule has 5 nitrogen and oxygen atoms in total. The zero-order chi connectivity index (χ0) is 12.6. The molecule has 7 heteroatoms. The van der Waals surface area contributed by atoms with Gasteiger partial charge >= 0.3 is 0 Å². The summed E-state index contributed by atoms with van der Waals surface area (Å²) in [5, 5.41) is 0. The molecule has 1 amide bonds. The van der Waals surface area contributed by atoms with Gasteiger partial charge in [0.15, 0.2) is 0 Å². The number of carbonyl (C=O) groups is 1. The highest BCUT2D eigenvalue weighted by Crippen LogP contribution is 2.34. The molecule has 1 aromatic heterocycles. The van der Waals surface area contributed by atoms with Gasteiger partial charge in [-0.05, 0) is 25.0 Å². The van der Waals surface area contributed by atoms with Crippen molar-refractivity contribution in [3.8, 4) is 0 Å². The van der Waals surface area contributed by atoms with Crippen LogP contribution in [0.1, 0.15) is 12.8 Å². The lowest BCUT2D eigenvalue weighted by atomic mass is 10.2. The molecule has 0 atom stereocenters. The minimum atomic E-state index is -0.535. The third-order valence-electron chi connectivity index (χ3n) is 3.75. The van der Waals surface area contributed by atoms with Gasteiger partial charge in [-0.2, -0.15) is 0 Å². The van der Waals surface area contributed by atoms with Crippen molar-refractivity contribution < 1.29 is 4.79 Å². The van der Waals surface area contributed by atoms with Crippen LogP contribution in [0.5, 0.6) is 0 Å². The third-order valence-corrected chi connectivity index (χ3v) is 3.75. The number of piperazine rings is 1. The van der Waals surface area contributed by atoms with Gasteiger partial charge in [0.25, 0.3) is 0 Å². The number of aromatic nitrogens is 1. The van der Waals surface area contributed by atoms with Crippen LogP contribution in [-0.4, -0.2) is 47.5 Å². The van der Waals surface area contributed by atoms with Crippen molar-refractivity contribution >= 4 is 36.5 Å². The molecule has 1 saturated heterocycles. The smallest absolute Gasteiger partial charge is 0.242 e. The average molecular weight is 319 g/mol. The first-order chi connectivity index (χ1) is 8.69. The molecule has 0 unspecified atom stereocenters. The molecule has 0 radical (unpaired) electrons. The van der Waals surface area contributed by atoms with Gasteiger partial charge in [0.1, 0.15) is 5.82 Å². The lowest BCUT2D eigenvalue weighted by Gasteiger charge is -2.36. The molecule has 0 spiro atoms. The van der Waals surface area contributed by atoms with Crippen LogP contribution in [0.25, 0.3) is 0 Å². The summed E-state index contributed by atoms with van der Waals surface area (Å²) >= 11 is 0. The molecule has 1 aliphatic carbocycles. The van der Waals surface area contributed by atoms with Crippen molar-refractivity contribution in [2.45, 2.75) is 18.4 Å². The molecule has 2 fully saturated rings. The summed E-state index contributed by atoms with van der Waals surface area (Å²) in [6, 6.07) is 5.90. The van der Waals surface area contributed by atoms with Crippen molar-refractivity contribution in [3.63, 3.8) is 0 Å². The van der Waals surface area contributed by atoms with E-state index in [9.17, 15) is 4.79 Å². The van der Waals surface area contributed by atoms with Gasteiger partial charge in [0.2, 0.25) is 5.91 Å². The first kappa shape index (κ1) is 17.0. The normalized spacial score (nSPS) is 19.6. The van der Waals surface area contributed by atoms with E-state index in [1.165, 1.54) is 0 Å². The van der Waals surface area contributed by atoms with Crippen LogP contribution >= 0.6 is 24.8 Å². The fourth-order valence-electron chi connectivity index (χ4n) is 2.34. The Bertz CT molecular complexity index is 445. The number of nitrogens with zero attached hydrogens (tertiary/aromatic N) is 3. The number of hydrogen-bond donors (Lipinski definition) is 1. The number of nitrogens with two attached hydrogens (primary N) is 1. The molecule has 0 aromatic carbocycles. The number of rotatable bonds is 2.